The van der Waals surface area contributed by atoms with Crippen molar-refractivity contribution < 1.29 is 4.74 Å². The van der Waals surface area contributed by atoms with Crippen LogP contribution in [-0.2, 0) is 17.7 Å². The van der Waals surface area contributed by atoms with Gasteiger partial charge in [-0.1, -0.05) is 18.2 Å². The van der Waals surface area contributed by atoms with Crippen LogP contribution in [0.5, 0.6) is 0 Å². The van der Waals surface area contributed by atoms with Gasteiger partial charge in [0, 0.05) is 47.0 Å². The lowest BCUT2D eigenvalue weighted by atomic mass is 10.0. The van der Waals surface area contributed by atoms with E-state index in [0.717, 1.165) is 45.0 Å². The minimum absolute atomic E-state index is 0.483. The SMILES string of the molecule is c1ccc2sc(CN3CCOC[C@@H](Cc4ccncn4)C3)cc2c1. The molecule has 5 heteroatoms. The molecule has 1 fully saturated rings. The first-order valence-electron chi connectivity index (χ1n) is 8.39. The van der Waals surface area contributed by atoms with Crippen LogP contribution in [0.3, 0.4) is 0 Å². The zero-order valence-electron chi connectivity index (χ0n) is 13.6. The molecule has 3 aromatic rings. The Hall–Kier alpha value is -1.82. The standard InChI is InChI=1S/C19H21N3OS/c1-2-4-19-16(3-1)10-18(24-19)12-22-7-8-23-13-15(11-22)9-17-5-6-20-14-21-17/h1-6,10,14-15H,7-9,11-13H2/t15-/m0/s1. The van der Waals surface area contributed by atoms with Crippen LogP contribution in [0.25, 0.3) is 10.1 Å². The first-order chi connectivity index (χ1) is 11.9. The summed E-state index contributed by atoms with van der Waals surface area (Å²) in [5.74, 6) is 0.483. The second-order valence-electron chi connectivity index (χ2n) is 6.33. The van der Waals surface area contributed by atoms with E-state index in [0.29, 0.717) is 5.92 Å². The van der Waals surface area contributed by atoms with E-state index >= 15 is 0 Å². The molecule has 1 aromatic carbocycles. The molecule has 0 bridgehead atoms. The Morgan fingerprint density at radius 1 is 1.25 bits per heavy atom. The average Bonchev–Trinajstić information content (AvgIpc) is 2.88. The fraction of sp³-hybridized carbons (Fsp3) is 0.368. The zero-order chi connectivity index (χ0) is 16.2. The van der Waals surface area contributed by atoms with Gasteiger partial charge >= 0.3 is 0 Å². The van der Waals surface area contributed by atoms with Crippen molar-refractivity contribution in [1.82, 2.24) is 14.9 Å². The normalized spacial score (nSPS) is 19.4. The summed E-state index contributed by atoms with van der Waals surface area (Å²) in [6, 6.07) is 12.9. The lowest BCUT2D eigenvalue weighted by molar-refractivity contribution is 0.121. The largest absolute Gasteiger partial charge is 0.380 e. The number of fused-ring (bicyclic) bond motifs is 1. The number of nitrogens with zero attached hydrogens (tertiary/aromatic N) is 3. The summed E-state index contributed by atoms with van der Waals surface area (Å²) in [5.41, 5.74) is 1.10. The number of hydrogen-bond acceptors (Lipinski definition) is 5. The number of aromatic nitrogens is 2. The summed E-state index contributed by atoms with van der Waals surface area (Å²) in [6.07, 6.45) is 4.39. The fourth-order valence-electron chi connectivity index (χ4n) is 3.29. The summed E-state index contributed by atoms with van der Waals surface area (Å²) in [5, 5.41) is 1.35. The van der Waals surface area contributed by atoms with Gasteiger partial charge in [0.15, 0.2) is 0 Å². The van der Waals surface area contributed by atoms with E-state index in [-0.39, 0.29) is 0 Å². The Bertz CT molecular complexity index is 756. The third-order valence-electron chi connectivity index (χ3n) is 4.42. The molecular formula is C19H21N3OS. The van der Waals surface area contributed by atoms with Gasteiger partial charge in [-0.25, -0.2) is 9.97 Å². The van der Waals surface area contributed by atoms with Crippen LogP contribution >= 0.6 is 11.3 Å². The summed E-state index contributed by atoms with van der Waals surface area (Å²) in [7, 11) is 0. The molecule has 0 N–H and O–H groups in total. The highest BCUT2D eigenvalue weighted by Gasteiger charge is 2.20. The van der Waals surface area contributed by atoms with Crippen molar-refractivity contribution in [3.05, 3.63) is 59.5 Å². The minimum Gasteiger partial charge on any atom is -0.380 e. The second-order valence-corrected chi connectivity index (χ2v) is 7.50. The van der Waals surface area contributed by atoms with Crippen molar-refractivity contribution in [2.75, 3.05) is 26.3 Å². The van der Waals surface area contributed by atoms with Crippen molar-refractivity contribution >= 4 is 21.4 Å². The van der Waals surface area contributed by atoms with E-state index in [1.807, 2.05) is 23.6 Å². The average molecular weight is 339 g/mol. The summed E-state index contributed by atoms with van der Waals surface area (Å²) >= 11 is 1.90. The molecule has 0 aliphatic carbocycles. The van der Waals surface area contributed by atoms with Crippen LogP contribution in [-0.4, -0.2) is 41.2 Å². The van der Waals surface area contributed by atoms with Crippen LogP contribution < -0.4 is 0 Å². The third-order valence-corrected chi connectivity index (χ3v) is 5.52. The molecule has 1 atom stereocenters. The highest BCUT2D eigenvalue weighted by atomic mass is 32.1. The Balaban J connectivity index is 1.44. The van der Waals surface area contributed by atoms with Crippen molar-refractivity contribution in [1.29, 1.82) is 0 Å². The van der Waals surface area contributed by atoms with Crippen LogP contribution in [0.15, 0.2) is 48.9 Å². The molecule has 0 unspecified atom stereocenters. The molecule has 1 aliphatic heterocycles. The van der Waals surface area contributed by atoms with E-state index in [9.17, 15) is 0 Å². The maximum absolute atomic E-state index is 5.82. The van der Waals surface area contributed by atoms with E-state index in [1.54, 1.807) is 6.33 Å². The molecule has 124 valence electrons. The summed E-state index contributed by atoms with van der Waals surface area (Å²) in [6.45, 7) is 4.67. The quantitative estimate of drug-likeness (QED) is 0.730. The molecule has 2 aromatic heterocycles. The molecule has 3 heterocycles. The van der Waals surface area contributed by atoms with E-state index in [2.05, 4.69) is 45.2 Å². The third kappa shape index (κ3) is 3.80. The van der Waals surface area contributed by atoms with Gasteiger partial charge in [0.25, 0.3) is 0 Å². The van der Waals surface area contributed by atoms with Gasteiger partial charge < -0.3 is 4.74 Å². The number of benzene rings is 1. The molecule has 0 radical (unpaired) electrons. The van der Waals surface area contributed by atoms with Crippen molar-refractivity contribution in [2.45, 2.75) is 13.0 Å². The highest BCUT2D eigenvalue weighted by Crippen LogP contribution is 2.27. The fourth-order valence-corrected chi connectivity index (χ4v) is 4.40. The lowest BCUT2D eigenvalue weighted by Crippen LogP contribution is -2.30. The number of thiophene rings is 1. The molecule has 0 spiro atoms. The van der Waals surface area contributed by atoms with Crippen LogP contribution in [0.1, 0.15) is 10.6 Å². The molecule has 0 amide bonds. The van der Waals surface area contributed by atoms with Crippen LogP contribution in [0.4, 0.5) is 0 Å². The zero-order valence-corrected chi connectivity index (χ0v) is 14.4. The first-order valence-corrected chi connectivity index (χ1v) is 9.21. The smallest absolute Gasteiger partial charge is 0.115 e. The number of ether oxygens (including phenoxy) is 1. The second kappa shape index (κ2) is 7.38. The predicted molar refractivity (Wildman–Crippen MR) is 97.1 cm³/mol. The van der Waals surface area contributed by atoms with Gasteiger partial charge in [-0.3, -0.25) is 4.90 Å². The Labute approximate surface area is 146 Å². The first kappa shape index (κ1) is 15.7. The number of rotatable bonds is 4. The maximum atomic E-state index is 5.82. The maximum Gasteiger partial charge on any atom is 0.115 e. The topological polar surface area (TPSA) is 38.2 Å². The summed E-state index contributed by atoms with van der Waals surface area (Å²) in [4.78, 5) is 12.3. The van der Waals surface area contributed by atoms with Crippen molar-refractivity contribution in [2.24, 2.45) is 5.92 Å². The van der Waals surface area contributed by atoms with Gasteiger partial charge in [0.2, 0.25) is 0 Å². The van der Waals surface area contributed by atoms with E-state index < -0.39 is 0 Å². The predicted octanol–water partition coefficient (Wildman–Crippen LogP) is 3.38. The van der Waals surface area contributed by atoms with Crippen molar-refractivity contribution in [3.63, 3.8) is 0 Å². The van der Waals surface area contributed by atoms with E-state index in [1.165, 1.54) is 15.0 Å². The van der Waals surface area contributed by atoms with Gasteiger partial charge in [-0.15, -0.1) is 11.3 Å². The van der Waals surface area contributed by atoms with Gasteiger partial charge in [-0.05, 0) is 30.0 Å². The minimum atomic E-state index is 0.483. The lowest BCUT2D eigenvalue weighted by Gasteiger charge is -2.22. The molecular weight excluding hydrogens is 318 g/mol. The van der Waals surface area contributed by atoms with Crippen LogP contribution in [0.2, 0.25) is 0 Å². The molecule has 4 nitrogen and oxygen atoms in total. The van der Waals surface area contributed by atoms with Crippen molar-refractivity contribution in [3.8, 4) is 0 Å². The van der Waals surface area contributed by atoms with Gasteiger partial charge in [0.05, 0.1) is 13.2 Å². The molecule has 24 heavy (non-hydrogen) atoms. The van der Waals surface area contributed by atoms with Crippen LogP contribution in [0, 0.1) is 5.92 Å². The molecule has 0 saturated carbocycles. The number of hydrogen-bond donors (Lipinski definition) is 0. The molecule has 1 aliphatic rings. The van der Waals surface area contributed by atoms with E-state index in [4.69, 9.17) is 4.74 Å². The Kier molecular flexibility index (Phi) is 4.83. The molecule has 1 saturated heterocycles. The summed E-state index contributed by atoms with van der Waals surface area (Å²) < 4.78 is 7.20. The van der Waals surface area contributed by atoms with Gasteiger partial charge in [0.1, 0.15) is 6.33 Å². The Morgan fingerprint density at radius 2 is 2.21 bits per heavy atom. The van der Waals surface area contributed by atoms with Gasteiger partial charge in [-0.2, -0.15) is 0 Å². The Morgan fingerprint density at radius 3 is 3.08 bits per heavy atom. The molecule has 4 rings (SSSR count). The monoisotopic (exact) mass is 339 g/mol. The highest BCUT2D eigenvalue weighted by molar-refractivity contribution is 7.19.